The van der Waals surface area contributed by atoms with E-state index in [0.717, 1.165) is 0 Å². The maximum absolute atomic E-state index is 2.73. The molecule has 2 aliphatic carbocycles. The van der Waals surface area contributed by atoms with E-state index in [1.54, 1.807) is 11.1 Å². The van der Waals surface area contributed by atoms with E-state index in [-0.39, 0.29) is 0 Å². The molecule has 1 heterocycles. The minimum Gasteiger partial charge on any atom is -0.296 e. The SMILES string of the molecule is CN1CCCC23CCCCC12c1ccccc1CC3. The van der Waals surface area contributed by atoms with E-state index in [2.05, 4.69) is 36.2 Å². The Morgan fingerprint density at radius 2 is 1.74 bits per heavy atom. The van der Waals surface area contributed by atoms with Gasteiger partial charge in [-0.15, -0.1) is 0 Å². The van der Waals surface area contributed by atoms with E-state index in [4.69, 9.17) is 0 Å². The number of nitrogens with zero attached hydrogens (tertiary/aromatic N) is 1. The van der Waals surface area contributed by atoms with E-state index < -0.39 is 0 Å². The number of benzene rings is 1. The summed E-state index contributed by atoms with van der Waals surface area (Å²) < 4.78 is 0. The van der Waals surface area contributed by atoms with Crippen molar-refractivity contribution in [2.45, 2.75) is 56.9 Å². The van der Waals surface area contributed by atoms with Crippen molar-refractivity contribution in [2.75, 3.05) is 13.6 Å². The van der Waals surface area contributed by atoms with Crippen molar-refractivity contribution < 1.29 is 0 Å². The van der Waals surface area contributed by atoms with Gasteiger partial charge >= 0.3 is 0 Å². The molecule has 1 nitrogen and oxygen atoms in total. The first-order chi connectivity index (χ1) is 9.29. The van der Waals surface area contributed by atoms with Gasteiger partial charge in [-0.25, -0.2) is 0 Å². The molecule has 1 saturated carbocycles. The van der Waals surface area contributed by atoms with Crippen molar-refractivity contribution in [3.05, 3.63) is 35.4 Å². The van der Waals surface area contributed by atoms with Crippen LogP contribution in [0, 0.1) is 5.41 Å². The largest absolute Gasteiger partial charge is 0.296 e. The lowest BCUT2D eigenvalue weighted by Crippen LogP contribution is -2.62. The summed E-state index contributed by atoms with van der Waals surface area (Å²) in [5, 5.41) is 0. The minimum absolute atomic E-state index is 0.373. The van der Waals surface area contributed by atoms with Crippen LogP contribution in [0.3, 0.4) is 0 Å². The topological polar surface area (TPSA) is 3.24 Å². The maximum Gasteiger partial charge on any atom is 0.0516 e. The fraction of sp³-hybridized carbons (Fsp3) is 0.667. The zero-order chi connectivity index (χ0) is 12.9. The molecule has 3 aliphatic rings. The Kier molecular flexibility index (Phi) is 2.57. The van der Waals surface area contributed by atoms with Crippen LogP contribution in [0.4, 0.5) is 0 Å². The summed E-state index contributed by atoms with van der Waals surface area (Å²) in [6.45, 7) is 1.29. The van der Waals surface area contributed by atoms with E-state index >= 15 is 0 Å². The van der Waals surface area contributed by atoms with Crippen molar-refractivity contribution in [3.8, 4) is 0 Å². The molecule has 1 heteroatoms. The number of hydrogen-bond acceptors (Lipinski definition) is 1. The number of aryl methyl sites for hydroxylation is 1. The van der Waals surface area contributed by atoms with E-state index in [0.29, 0.717) is 11.0 Å². The summed E-state index contributed by atoms with van der Waals surface area (Å²) in [7, 11) is 2.39. The van der Waals surface area contributed by atoms with Gasteiger partial charge in [0.25, 0.3) is 0 Å². The number of likely N-dealkylation sites (tertiary alicyclic amines) is 1. The second-order valence-corrected chi connectivity index (χ2v) is 7.03. The van der Waals surface area contributed by atoms with Gasteiger partial charge in [-0.3, -0.25) is 4.90 Å². The van der Waals surface area contributed by atoms with Gasteiger partial charge in [0.05, 0.1) is 5.54 Å². The van der Waals surface area contributed by atoms with Crippen LogP contribution >= 0.6 is 0 Å². The molecular weight excluding hydrogens is 230 g/mol. The average molecular weight is 255 g/mol. The second-order valence-electron chi connectivity index (χ2n) is 7.03. The zero-order valence-corrected chi connectivity index (χ0v) is 12.1. The van der Waals surface area contributed by atoms with Crippen LogP contribution < -0.4 is 0 Å². The monoisotopic (exact) mass is 255 g/mol. The average Bonchev–Trinajstić information content (AvgIpc) is 2.47. The number of fused-ring (bicyclic) bond motifs is 1. The molecule has 19 heavy (non-hydrogen) atoms. The van der Waals surface area contributed by atoms with Gasteiger partial charge in [-0.05, 0) is 68.7 Å². The van der Waals surface area contributed by atoms with Crippen LogP contribution in [0.15, 0.2) is 24.3 Å². The summed E-state index contributed by atoms with van der Waals surface area (Å²) in [5.41, 5.74) is 4.28. The van der Waals surface area contributed by atoms with Crippen LogP contribution in [0.2, 0.25) is 0 Å². The highest BCUT2D eigenvalue weighted by molar-refractivity contribution is 5.40. The summed E-state index contributed by atoms with van der Waals surface area (Å²) in [6, 6.07) is 9.32. The Morgan fingerprint density at radius 3 is 2.68 bits per heavy atom. The highest BCUT2D eigenvalue weighted by Crippen LogP contribution is 2.63. The van der Waals surface area contributed by atoms with E-state index in [1.807, 2.05) is 0 Å². The zero-order valence-electron chi connectivity index (χ0n) is 12.1. The fourth-order valence-electron chi connectivity index (χ4n) is 5.69. The minimum atomic E-state index is 0.373. The van der Waals surface area contributed by atoms with Gasteiger partial charge in [0.2, 0.25) is 0 Å². The van der Waals surface area contributed by atoms with Crippen molar-refractivity contribution in [2.24, 2.45) is 5.41 Å². The van der Waals surface area contributed by atoms with Crippen LogP contribution in [0.1, 0.15) is 56.1 Å². The quantitative estimate of drug-likeness (QED) is 0.674. The van der Waals surface area contributed by atoms with Gasteiger partial charge in [-0.1, -0.05) is 37.1 Å². The van der Waals surface area contributed by atoms with Crippen molar-refractivity contribution in [1.82, 2.24) is 4.90 Å². The van der Waals surface area contributed by atoms with Crippen LogP contribution in [-0.2, 0) is 12.0 Å². The second kappa shape index (κ2) is 4.09. The molecule has 0 aromatic heterocycles. The lowest BCUT2D eigenvalue weighted by molar-refractivity contribution is -0.110. The molecule has 0 amide bonds. The Morgan fingerprint density at radius 1 is 0.947 bits per heavy atom. The normalized spacial score (nSPS) is 38.2. The summed E-state index contributed by atoms with van der Waals surface area (Å²) >= 11 is 0. The van der Waals surface area contributed by atoms with E-state index in [1.165, 1.54) is 57.9 Å². The Bertz CT molecular complexity index is 490. The lowest BCUT2D eigenvalue weighted by Gasteiger charge is -2.64. The molecule has 1 aliphatic heterocycles. The third-order valence-electron chi connectivity index (χ3n) is 6.46. The van der Waals surface area contributed by atoms with Gasteiger partial charge in [0.1, 0.15) is 0 Å². The summed E-state index contributed by atoms with van der Waals surface area (Å²) in [5.74, 6) is 0. The Labute approximate surface area is 117 Å². The smallest absolute Gasteiger partial charge is 0.0516 e. The predicted molar refractivity (Wildman–Crippen MR) is 79.2 cm³/mol. The van der Waals surface area contributed by atoms with Gasteiger partial charge in [0, 0.05) is 0 Å². The van der Waals surface area contributed by atoms with E-state index in [9.17, 15) is 0 Å². The standard InChI is InChI=1S/C18H25N/c1-19-14-6-11-17-10-4-5-12-18(17,19)16-8-3-2-7-15(16)9-13-17/h2-3,7-8H,4-6,9-14H2,1H3. The Balaban J connectivity index is 1.95. The first-order valence-corrected chi connectivity index (χ1v) is 8.08. The molecule has 2 atom stereocenters. The number of rotatable bonds is 0. The molecular formula is C18H25N. The predicted octanol–water partition coefficient (Wildman–Crippen LogP) is 4.11. The maximum atomic E-state index is 2.73. The Hall–Kier alpha value is -0.820. The summed E-state index contributed by atoms with van der Waals surface area (Å²) in [6.07, 6.45) is 11.3. The molecule has 4 rings (SSSR count). The molecule has 0 bridgehead atoms. The van der Waals surface area contributed by atoms with Crippen LogP contribution in [0.25, 0.3) is 0 Å². The van der Waals surface area contributed by atoms with Crippen LogP contribution in [-0.4, -0.2) is 18.5 Å². The molecule has 2 fully saturated rings. The van der Waals surface area contributed by atoms with Crippen molar-refractivity contribution in [3.63, 3.8) is 0 Å². The molecule has 0 radical (unpaired) electrons. The fourth-order valence-corrected chi connectivity index (χ4v) is 5.69. The highest BCUT2D eigenvalue weighted by atomic mass is 15.2. The third kappa shape index (κ3) is 1.40. The van der Waals surface area contributed by atoms with Gasteiger partial charge in [0.15, 0.2) is 0 Å². The molecule has 102 valence electrons. The molecule has 1 saturated heterocycles. The summed E-state index contributed by atoms with van der Waals surface area (Å²) in [4.78, 5) is 2.73. The van der Waals surface area contributed by atoms with Gasteiger partial charge < -0.3 is 0 Å². The van der Waals surface area contributed by atoms with Crippen LogP contribution in [0.5, 0.6) is 0 Å². The number of hydrogen-bond donors (Lipinski definition) is 0. The molecule has 0 N–H and O–H groups in total. The third-order valence-corrected chi connectivity index (χ3v) is 6.46. The molecule has 1 aromatic rings. The number of piperidine rings is 1. The molecule has 2 unspecified atom stereocenters. The molecule has 1 aromatic carbocycles. The van der Waals surface area contributed by atoms with Crippen molar-refractivity contribution >= 4 is 0 Å². The lowest BCUT2D eigenvalue weighted by atomic mass is 9.49. The van der Waals surface area contributed by atoms with Gasteiger partial charge in [-0.2, -0.15) is 0 Å². The molecule has 0 spiro atoms. The first kappa shape index (κ1) is 12.0. The first-order valence-electron chi connectivity index (χ1n) is 8.08. The highest BCUT2D eigenvalue weighted by Gasteiger charge is 2.58. The van der Waals surface area contributed by atoms with Crippen molar-refractivity contribution in [1.29, 1.82) is 0 Å².